The third-order valence-electron chi connectivity index (χ3n) is 3.13. The number of nitrogen functional groups attached to an aromatic ring is 1. The molecule has 3 rings (SSSR count). The molecule has 2 heterocycles. The molecule has 0 aliphatic heterocycles. The summed E-state index contributed by atoms with van der Waals surface area (Å²) in [6.45, 7) is 0. The van der Waals surface area contributed by atoms with Crippen LogP contribution in [0.1, 0.15) is 0 Å². The van der Waals surface area contributed by atoms with Gasteiger partial charge in [0.1, 0.15) is 5.82 Å². The molecule has 0 amide bonds. The van der Waals surface area contributed by atoms with Crippen LogP contribution in [0.15, 0.2) is 42.7 Å². The highest BCUT2D eigenvalue weighted by molar-refractivity contribution is 5.78. The van der Waals surface area contributed by atoms with Crippen molar-refractivity contribution in [3.8, 4) is 11.1 Å². The van der Waals surface area contributed by atoms with E-state index >= 15 is 0 Å². The van der Waals surface area contributed by atoms with Gasteiger partial charge in [-0.15, -0.1) is 0 Å². The van der Waals surface area contributed by atoms with Crippen molar-refractivity contribution in [3.05, 3.63) is 42.7 Å². The summed E-state index contributed by atoms with van der Waals surface area (Å²) in [5.41, 5.74) is 9.87. The van der Waals surface area contributed by atoms with Crippen LogP contribution in [-0.4, -0.2) is 28.7 Å². The summed E-state index contributed by atoms with van der Waals surface area (Å²) in [5.74, 6) is 0.584. The van der Waals surface area contributed by atoms with E-state index in [9.17, 15) is 0 Å². The molecule has 0 saturated heterocycles. The molecule has 2 N–H and O–H groups in total. The predicted octanol–water partition coefficient (Wildman–Crippen LogP) is 2.04. The van der Waals surface area contributed by atoms with Crippen LogP contribution in [0.25, 0.3) is 16.8 Å². The van der Waals surface area contributed by atoms with E-state index in [0.29, 0.717) is 5.82 Å². The summed E-state index contributed by atoms with van der Waals surface area (Å²) in [6, 6.07) is 10.0. The molecule has 0 atom stereocenters. The molecule has 3 aromatic rings. The number of hydrogen-bond donors (Lipinski definition) is 1. The number of aromatic nitrogens is 3. The van der Waals surface area contributed by atoms with Gasteiger partial charge in [-0.1, -0.05) is 12.1 Å². The van der Waals surface area contributed by atoms with E-state index < -0.39 is 0 Å². The first kappa shape index (κ1) is 11.5. The van der Waals surface area contributed by atoms with Gasteiger partial charge in [0.05, 0.1) is 6.20 Å². The summed E-state index contributed by atoms with van der Waals surface area (Å²) in [7, 11) is 4.04. The van der Waals surface area contributed by atoms with Crippen LogP contribution in [0.5, 0.6) is 0 Å². The van der Waals surface area contributed by atoms with Crippen molar-refractivity contribution < 1.29 is 0 Å². The predicted molar refractivity (Wildman–Crippen MR) is 77.2 cm³/mol. The van der Waals surface area contributed by atoms with Gasteiger partial charge in [-0.3, -0.25) is 0 Å². The van der Waals surface area contributed by atoms with Crippen molar-refractivity contribution in [1.29, 1.82) is 0 Å². The van der Waals surface area contributed by atoms with Gasteiger partial charge in [-0.25, -0.2) is 4.98 Å². The highest BCUT2D eigenvalue weighted by atomic mass is 15.3. The highest BCUT2D eigenvalue weighted by Crippen LogP contribution is 2.26. The fourth-order valence-electron chi connectivity index (χ4n) is 2.05. The second-order valence-corrected chi connectivity index (χ2v) is 4.60. The second-order valence-electron chi connectivity index (χ2n) is 4.60. The van der Waals surface area contributed by atoms with E-state index in [1.54, 1.807) is 23.0 Å². The normalized spacial score (nSPS) is 10.8. The Hall–Kier alpha value is -2.56. The molecule has 0 aliphatic rings. The number of nitrogens with zero attached hydrogens (tertiary/aromatic N) is 4. The summed E-state index contributed by atoms with van der Waals surface area (Å²) in [6.07, 6.45) is 3.49. The molecule has 5 nitrogen and oxygen atoms in total. The average molecular weight is 253 g/mol. The minimum Gasteiger partial charge on any atom is -0.384 e. The first-order chi connectivity index (χ1) is 9.16. The molecule has 2 aromatic heterocycles. The lowest BCUT2D eigenvalue weighted by Gasteiger charge is -2.12. The van der Waals surface area contributed by atoms with Crippen molar-refractivity contribution in [2.24, 2.45) is 0 Å². The van der Waals surface area contributed by atoms with Gasteiger partial charge in [0.15, 0.2) is 5.65 Å². The van der Waals surface area contributed by atoms with Crippen molar-refractivity contribution in [1.82, 2.24) is 14.6 Å². The van der Waals surface area contributed by atoms with Gasteiger partial charge in [0.2, 0.25) is 0 Å². The molecule has 96 valence electrons. The van der Waals surface area contributed by atoms with E-state index in [1.165, 1.54) is 0 Å². The summed E-state index contributed by atoms with van der Waals surface area (Å²) < 4.78 is 1.65. The third kappa shape index (κ3) is 1.89. The number of fused-ring (bicyclic) bond motifs is 1. The molecule has 1 aromatic carbocycles. The van der Waals surface area contributed by atoms with E-state index in [1.807, 2.05) is 14.1 Å². The molecule has 0 bridgehead atoms. The van der Waals surface area contributed by atoms with Gasteiger partial charge in [0.25, 0.3) is 0 Å². The Balaban J connectivity index is 2.11. The number of benzene rings is 1. The van der Waals surface area contributed by atoms with Gasteiger partial charge in [-0.2, -0.15) is 9.61 Å². The topological polar surface area (TPSA) is 59.5 Å². The zero-order valence-electron chi connectivity index (χ0n) is 10.9. The van der Waals surface area contributed by atoms with E-state index in [0.717, 1.165) is 22.5 Å². The first-order valence-corrected chi connectivity index (χ1v) is 6.03. The minimum atomic E-state index is 0.584. The molecule has 19 heavy (non-hydrogen) atoms. The Labute approximate surface area is 111 Å². The molecule has 0 fully saturated rings. The smallest absolute Gasteiger partial charge is 0.165 e. The lowest BCUT2D eigenvalue weighted by molar-refractivity contribution is 0.952. The molecule has 0 radical (unpaired) electrons. The standard InChI is InChI=1S/C14H15N5/c1-18(2)11-5-3-10(4-6-11)12-9-17-19-13(15)7-8-16-14(12)19/h3-9H,15H2,1-2H3. The highest BCUT2D eigenvalue weighted by Gasteiger charge is 2.09. The van der Waals surface area contributed by atoms with Crippen molar-refractivity contribution >= 4 is 17.2 Å². The third-order valence-corrected chi connectivity index (χ3v) is 3.13. The Kier molecular flexibility index (Phi) is 2.59. The van der Waals surface area contributed by atoms with Gasteiger partial charge in [0, 0.05) is 31.5 Å². The largest absolute Gasteiger partial charge is 0.384 e. The zero-order valence-corrected chi connectivity index (χ0v) is 10.9. The minimum absolute atomic E-state index is 0.584. The molecule has 0 saturated carbocycles. The van der Waals surface area contributed by atoms with Gasteiger partial charge in [-0.05, 0) is 23.8 Å². The number of hydrogen-bond acceptors (Lipinski definition) is 4. The lowest BCUT2D eigenvalue weighted by atomic mass is 10.1. The fraction of sp³-hybridized carbons (Fsp3) is 0.143. The van der Waals surface area contributed by atoms with Crippen molar-refractivity contribution in [2.75, 3.05) is 24.7 Å². The van der Waals surface area contributed by atoms with Gasteiger partial charge < -0.3 is 10.6 Å². The summed E-state index contributed by atoms with van der Waals surface area (Å²) >= 11 is 0. The van der Waals surface area contributed by atoms with E-state index in [-0.39, 0.29) is 0 Å². The average Bonchev–Trinajstić information content (AvgIpc) is 2.84. The molecule has 0 spiro atoms. The number of anilines is 2. The number of rotatable bonds is 2. The van der Waals surface area contributed by atoms with Crippen molar-refractivity contribution in [3.63, 3.8) is 0 Å². The van der Waals surface area contributed by atoms with Crippen LogP contribution in [0, 0.1) is 0 Å². The quantitative estimate of drug-likeness (QED) is 0.759. The van der Waals surface area contributed by atoms with Crippen LogP contribution in [0.4, 0.5) is 11.5 Å². The maximum absolute atomic E-state index is 5.87. The van der Waals surface area contributed by atoms with E-state index in [2.05, 4.69) is 39.2 Å². The Morgan fingerprint density at radius 1 is 1.11 bits per heavy atom. The van der Waals surface area contributed by atoms with Crippen LogP contribution >= 0.6 is 0 Å². The van der Waals surface area contributed by atoms with Crippen LogP contribution in [0.3, 0.4) is 0 Å². The Morgan fingerprint density at radius 2 is 1.84 bits per heavy atom. The van der Waals surface area contributed by atoms with Crippen LogP contribution in [0.2, 0.25) is 0 Å². The first-order valence-electron chi connectivity index (χ1n) is 6.03. The molecule has 0 aliphatic carbocycles. The SMILES string of the molecule is CN(C)c1ccc(-c2cnn3c(N)ccnc23)cc1. The monoisotopic (exact) mass is 253 g/mol. The fourth-order valence-corrected chi connectivity index (χ4v) is 2.05. The van der Waals surface area contributed by atoms with E-state index in [4.69, 9.17) is 5.73 Å². The zero-order chi connectivity index (χ0) is 13.4. The van der Waals surface area contributed by atoms with Crippen LogP contribution in [-0.2, 0) is 0 Å². The van der Waals surface area contributed by atoms with Crippen molar-refractivity contribution in [2.45, 2.75) is 0 Å². The number of nitrogens with two attached hydrogens (primary N) is 1. The molecule has 0 unspecified atom stereocenters. The maximum Gasteiger partial charge on any atom is 0.165 e. The molecular weight excluding hydrogens is 238 g/mol. The summed E-state index contributed by atoms with van der Waals surface area (Å²) in [5, 5.41) is 4.27. The lowest BCUT2D eigenvalue weighted by Crippen LogP contribution is -2.07. The maximum atomic E-state index is 5.87. The van der Waals surface area contributed by atoms with Crippen LogP contribution < -0.4 is 10.6 Å². The molecule has 5 heteroatoms. The second kappa shape index (κ2) is 4.28. The Morgan fingerprint density at radius 3 is 2.53 bits per heavy atom. The molecular formula is C14H15N5. The Bertz CT molecular complexity index is 712. The summed E-state index contributed by atoms with van der Waals surface area (Å²) in [4.78, 5) is 6.41. The van der Waals surface area contributed by atoms with Gasteiger partial charge >= 0.3 is 0 Å².